The lowest BCUT2D eigenvalue weighted by Gasteiger charge is -1.99. The molecule has 0 aromatic heterocycles. The second-order valence-electron chi connectivity index (χ2n) is 3.88. The molecule has 0 heterocycles. The van der Waals surface area contributed by atoms with Crippen molar-refractivity contribution in [1.82, 2.24) is 0 Å². The largest absolute Gasteiger partial charge is 0.289 e. The Hall–Kier alpha value is -1.28. The molecule has 0 fully saturated rings. The summed E-state index contributed by atoms with van der Waals surface area (Å²) in [6.45, 7) is 0. The average Bonchev–Trinajstić information content (AvgIpc) is 2.39. The molecule has 2 aromatic carbocycles. The van der Waals surface area contributed by atoms with Crippen LogP contribution in [0.4, 0.5) is 0 Å². The lowest BCUT2D eigenvalue weighted by Crippen LogP contribution is -1.93. The minimum Gasteiger partial charge on any atom is -0.289 e. The second kappa shape index (κ2) is 6.25. The molecule has 2 rings (SSSR count). The first-order valence-corrected chi connectivity index (χ1v) is 6.63. The van der Waals surface area contributed by atoms with Crippen molar-refractivity contribution in [2.45, 2.75) is 0 Å². The SMILES string of the molecule is O=C(/C=C/c1cccc(Cl)c1)c1ccc(Cl)c(Cl)c1. The topological polar surface area (TPSA) is 17.1 Å². The van der Waals surface area contributed by atoms with Crippen LogP contribution in [0.15, 0.2) is 48.5 Å². The van der Waals surface area contributed by atoms with E-state index in [9.17, 15) is 4.79 Å². The number of hydrogen-bond donors (Lipinski definition) is 0. The standard InChI is InChI=1S/C15H9Cl3O/c16-12-3-1-2-10(8-12)4-7-15(19)11-5-6-13(17)14(18)9-11/h1-9H/b7-4+. The molecule has 0 radical (unpaired) electrons. The maximum Gasteiger partial charge on any atom is 0.185 e. The Morgan fingerprint density at radius 1 is 0.947 bits per heavy atom. The van der Waals surface area contributed by atoms with Crippen molar-refractivity contribution in [2.75, 3.05) is 0 Å². The molecule has 0 spiro atoms. The van der Waals surface area contributed by atoms with Crippen molar-refractivity contribution in [3.05, 3.63) is 74.7 Å². The zero-order valence-corrected chi connectivity index (χ0v) is 12.0. The van der Waals surface area contributed by atoms with E-state index in [1.165, 1.54) is 6.08 Å². The summed E-state index contributed by atoms with van der Waals surface area (Å²) in [5.41, 5.74) is 1.36. The number of carbonyl (C=O) groups excluding carboxylic acids is 1. The average molecular weight is 312 g/mol. The van der Waals surface area contributed by atoms with Gasteiger partial charge in [-0.25, -0.2) is 0 Å². The lowest BCUT2D eigenvalue weighted by atomic mass is 10.1. The van der Waals surface area contributed by atoms with Gasteiger partial charge in [0.1, 0.15) is 0 Å². The molecule has 4 heteroatoms. The van der Waals surface area contributed by atoms with Gasteiger partial charge in [0.25, 0.3) is 0 Å². The summed E-state index contributed by atoms with van der Waals surface area (Å²) < 4.78 is 0. The molecular formula is C15H9Cl3O. The van der Waals surface area contributed by atoms with Gasteiger partial charge in [-0.15, -0.1) is 0 Å². The van der Waals surface area contributed by atoms with E-state index < -0.39 is 0 Å². The van der Waals surface area contributed by atoms with Crippen LogP contribution < -0.4 is 0 Å². The molecule has 2 aromatic rings. The Balaban J connectivity index is 2.19. The van der Waals surface area contributed by atoms with E-state index >= 15 is 0 Å². The summed E-state index contributed by atoms with van der Waals surface area (Å²) in [6.07, 6.45) is 3.18. The quantitative estimate of drug-likeness (QED) is 0.537. The highest BCUT2D eigenvalue weighted by atomic mass is 35.5. The molecule has 0 N–H and O–H groups in total. The third-order valence-corrected chi connectivity index (χ3v) is 3.45. The molecule has 96 valence electrons. The van der Waals surface area contributed by atoms with E-state index in [0.29, 0.717) is 20.6 Å². The van der Waals surface area contributed by atoms with Crippen LogP contribution in [0.5, 0.6) is 0 Å². The molecular weight excluding hydrogens is 303 g/mol. The molecule has 0 unspecified atom stereocenters. The Morgan fingerprint density at radius 3 is 2.42 bits per heavy atom. The van der Waals surface area contributed by atoms with Crippen molar-refractivity contribution < 1.29 is 4.79 Å². The van der Waals surface area contributed by atoms with E-state index in [0.717, 1.165) is 5.56 Å². The number of hydrogen-bond acceptors (Lipinski definition) is 1. The van der Waals surface area contributed by atoms with Crippen LogP contribution in [0.25, 0.3) is 6.08 Å². The molecule has 0 aliphatic carbocycles. The van der Waals surface area contributed by atoms with Crippen LogP contribution in [0, 0.1) is 0 Å². The van der Waals surface area contributed by atoms with Crippen molar-refractivity contribution in [3.8, 4) is 0 Å². The second-order valence-corrected chi connectivity index (χ2v) is 5.13. The van der Waals surface area contributed by atoms with Crippen LogP contribution in [-0.4, -0.2) is 5.78 Å². The van der Waals surface area contributed by atoms with E-state index in [1.54, 1.807) is 36.4 Å². The number of ketones is 1. The Morgan fingerprint density at radius 2 is 1.74 bits per heavy atom. The van der Waals surface area contributed by atoms with Crippen LogP contribution in [0.2, 0.25) is 15.1 Å². The van der Waals surface area contributed by atoms with Crippen molar-refractivity contribution >= 4 is 46.7 Å². The molecule has 0 saturated heterocycles. The molecule has 0 amide bonds. The maximum atomic E-state index is 11.9. The number of rotatable bonds is 3. The molecule has 0 bridgehead atoms. The first kappa shape index (κ1) is 14.1. The van der Waals surface area contributed by atoms with Gasteiger partial charge in [-0.3, -0.25) is 4.79 Å². The highest BCUT2D eigenvalue weighted by Crippen LogP contribution is 2.23. The number of halogens is 3. The first-order valence-electron chi connectivity index (χ1n) is 5.49. The van der Waals surface area contributed by atoms with E-state index in [2.05, 4.69) is 0 Å². The van der Waals surface area contributed by atoms with Crippen LogP contribution in [0.3, 0.4) is 0 Å². The summed E-state index contributed by atoms with van der Waals surface area (Å²) in [5.74, 6) is -0.140. The predicted octanol–water partition coefficient (Wildman–Crippen LogP) is 5.54. The maximum absolute atomic E-state index is 11.9. The Kier molecular flexibility index (Phi) is 4.65. The highest BCUT2D eigenvalue weighted by Gasteiger charge is 2.05. The fourth-order valence-corrected chi connectivity index (χ4v) is 2.02. The fraction of sp³-hybridized carbons (Fsp3) is 0. The summed E-state index contributed by atoms with van der Waals surface area (Å²) in [7, 11) is 0. The number of carbonyl (C=O) groups is 1. The number of benzene rings is 2. The summed E-state index contributed by atoms with van der Waals surface area (Å²) in [6, 6.07) is 12.0. The molecule has 0 atom stereocenters. The first-order chi connectivity index (χ1) is 9.06. The Labute approximate surface area is 126 Å². The number of allylic oxidation sites excluding steroid dienone is 1. The third kappa shape index (κ3) is 3.84. The van der Waals surface area contributed by atoms with Gasteiger partial charge in [-0.2, -0.15) is 0 Å². The van der Waals surface area contributed by atoms with Gasteiger partial charge in [0.05, 0.1) is 10.0 Å². The zero-order valence-electron chi connectivity index (χ0n) is 9.74. The smallest absolute Gasteiger partial charge is 0.185 e. The van der Waals surface area contributed by atoms with Gasteiger partial charge in [0, 0.05) is 10.6 Å². The van der Waals surface area contributed by atoms with Gasteiger partial charge >= 0.3 is 0 Å². The molecule has 0 aliphatic rings. The molecule has 0 aliphatic heterocycles. The summed E-state index contributed by atoms with van der Waals surface area (Å²) in [4.78, 5) is 11.9. The minimum absolute atomic E-state index is 0.140. The van der Waals surface area contributed by atoms with Gasteiger partial charge in [0.2, 0.25) is 0 Å². The van der Waals surface area contributed by atoms with Gasteiger partial charge in [-0.1, -0.05) is 53.0 Å². The monoisotopic (exact) mass is 310 g/mol. The third-order valence-electron chi connectivity index (χ3n) is 2.48. The molecule has 0 saturated carbocycles. The molecule has 1 nitrogen and oxygen atoms in total. The van der Waals surface area contributed by atoms with Crippen LogP contribution in [0.1, 0.15) is 15.9 Å². The van der Waals surface area contributed by atoms with Crippen LogP contribution in [-0.2, 0) is 0 Å². The van der Waals surface area contributed by atoms with Crippen molar-refractivity contribution in [2.24, 2.45) is 0 Å². The normalized spacial score (nSPS) is 10.9. The summed E-state index contributed by atoms with van der Waals surface area (Å²) >= 11 is 17.5. The lowest BCUT2D eigenvalue weighted by molar-refractivity contribution is 0.104. The van der Waals surface area contributed by atoms with Gasteiger partial charge in [-0.05, 0) is 42.0 Å². The van der Waals surface area contributed by atoms with Gasteiger partial charge in [0.15, 0.2) is 5.78 Å². The zero-order chi connectivity index (χ0) is 13.8. The molecule has 19 heavy (non-hydrogen) atoms. The van der Waals surface area contributed by atoms with Crippen molar-refractivity contribution in [1.29, 1.82) is 0 Å². The van der Waals surface area contributed by atoms with Crippen LogP contribution >= 0.6 is 34.8 Å². The van der Waals surface area contributed by atoms with E-state index in [1.807, 2.05) is 12.1 Å². The van der Waals surface area contributed by atoms with E-state index in [-0.39, 0.29) is 5.78 Å². The van der Waals surface area contributed by atoms with E-state index in [4.69, 9.17) is 34.8 Å². The summed E-state index contributed by atoms with van der Waals surface area (Å²) in [5, 5.41) is 1.42. The highest BCUT2D eigenvalue weighted by molar-refractivity contribution is 6.42. The fourth-order valence-electron chi connectivity index (χ4n) is 1.53. The Bertz CT molecular complexity index is 648. The van der Waals surface area contributed by atoms with Gasteiger partial charge < -0.3 is 0 Å². The van der Waals surface area contributed by atoms with Crippen molar-refractivity contribution in [3.63, 3.8) is 0 Å². The predicted molar refractivity (Wildman–Crippen MR) is 81.3 cm³/mol. The minimum atomic E-state index is -0.140.